The van der Waals surface area contributed by atoms with Crippen molar-refractivity contribution in [1.82, 2.24) is 9.88 Å². The SMILES string of the molecule is COc1ccccc1-c1nc(CN2CCC(F)(F)C(C)C2)cs1. The van der Waals surface area contributed by atoms with Gasteiger partial charge in [0.2, 0.25) is 0 Å². The summed E-state index contributed by atoms with van der Waals surface area (Å²) in [5, 5.41) is 2.90. The fourth-order valence-electron chi connectivity index (χ4n) is 2.86. The van der Waals surface area contributed by atoms with E-state index in [0.29, 0.717) is 19.6 Å². The van der Waals surface area contributed by atoms with Crippen molar-refractivity contribution in [3.8, 4) is 16.3 Å². The smallest absolute Gasteiger partial charge is 0.253 e. The number of hydrogen-bond donors (Lipinski definition) is 0. The van der Waals surface area contributed by atoms with Crippen LogP contribution in [0.5, 0.6) is 5.75 Å². The van der Waals surface area contributed by atoms with Crippen molar-refractivity contribution < 1.29 is 13.5 Å². The van der Waals surface area contributed by atoms with Crippen molar-refractivity contribution in [3.05, 3.63) is 35.3 Å². The summed E-state index contributed by atoms with van der Waals surface area (Å²) in [5.41, 5.74) is 1.89. The largest absolute Gasteiger partial charge is 0.496 e. The molecule has 1 aromatic carbocycles. The highest BCUT2D eigenvalue weighted by molar-refractivity contribution is 7.13. The van der Waals surface area contributed by atoms with E-state index in [1.165, 1.54) is 0 Å². The summed E-state index contributed by atoms with van der Waals surface area (Å²) < 4.78 is 32.5. The predicted molar refractivity (Wildman–Crippen MR) is 88.1 cm³/mol. The van der Waals surface area contributed by atoms with Crippen LogP contribution in [-0.2, 0) is 6.54 Å². The van der Waals surface area contributed by atoms with Gasteiger partial charge >= 0.3 is 0 Å². The summed E-state index contributed by atoms with van der Waals surface area (Å²) in [6.45, 7) is 3.06. The molecule has 0 radical (unpaired) electrons. The molecule has 3 rings (SSSR count). The first-order valence-electron chi connectivity index (χ1n) is 7.67. The Balaban J connectivity index is 1.71. The van der Waals surface area contributed by atoms with E-state index in [1.807, 2.05) is 29.6 Å². The lowest BCUT2D eigenvalue weighted by Crippen LogP contribution is -2.45. The number of piperidine rings is 1. The van der Waals surface area contributed by atoms with Gasteiger partial charge in [0.15, 0.2) is 0 Å². The molecule has 0 spiro atoms. The van der Waals surface area contributed by atoms with E-state index in [-0.39, 0.29) is 6.42 Å². The van der Waals surface area contributed by atoms with Crippen LogP contribution in [0.3, 0.4) is 0 Å². The summed E-state index contributed by atoms with van der Waals surface area (Å²) in [5.74, 6) is -2.36. The number of alkyl halides is 2. The zero-order chi connectivity index (χ0) is 16.4. The van der Waals surface area contributed by atoms with Gasteiger partial charge in [0.25, 0.3) is 5.92 Å². The summed E-state index contributed by atoms with van der Waals surface area (Å²) in [4.78, 5) is 6.71. The first kappa shape index (κ1) is 16.3. The van der Waals surface area contributed by atoms with Gasteiger partial charge in [-0.15, -0.1) is 11.3 Å². The maximum Gasteiger partial charge on any atom is 0.253 e. The molecule has 1 aliphatic rings. The van der Waals surface area contributed by atoms with Gasteiger partial charge in [-0.2, -0.15) is 0 Å². The van der Waals surface area contributed by atoms with Gasteiger partial charge < -0.3 is 4.74 Å². The minimum atomic E-state index is -2.54. The Bertz CT molecular complexity index is 674. The Kier molecular flexibility index (Phi) is 4.64. The maximum atomic E-state index is 13.6. The highest BCUT2D eigenvalue weighted by atomic mass is 32.1. The van der Waals surface area contributed by atoms with E-state index in [2.05, 4.69) is 9.88 Å². The topological polar surface area (TPSA) is 25.4 Å². The van der Waals surface area contributed by atoms with Crippen LogP contribution >= 0.6 is 11.3 Å². The van der Waals surface area contributed by atoms with Gasteiger partial charge in [0.1, 0.15) is 10.8 Å². The second-order valence-corrected chi connectivity index (χ2v) is 6.85. The predicted octanol–water partition coefficient (Wildman–Crippen LogP) is 4.30. The monoisotopic (exact) mass is 338 g/mol. The third-order valence-corrected chi connectivity index (χ3v) is 5.21. The molecule has 1 atom stereocenters. The van der Waals surface area contributed by atoms with Crippen molar-refractivity contribution in [2.45, 2.75) is 25.8 Å². The minimum Gasteiger partial charge on any atom is -0.496 e. The zero-order valence-electron chi connectivity index (χ0n) is 13.3. The van der Waals surface area contributed by atoms with Gasteiger partial charge in [-0.05, 0) is 12.1 Å². The van der Waals surface area contributed by atoms with E-state index in [0.717, 1.165) is 22.0 Å². The molecular weight excluding hydrogens is 318 g/mol. The molecule has 1 aliphatic heterocycles. The molecule has 0 saturated carbocycles. The van der Waals surface area contributed by atoms with Gasteiger partial charge in [-0.1, -0.05) is 19.1 Å². The zero-order valence-corrected chi connectivity index (χ0v) is 14.1. The molecule has 124 valence electrons. The Morgan fingerprint density at radius 2 is 2.17 bits per heavy atom. The molecule has 6 heteroatoms. The van der Waals surface area contributed by atoms with Crippen molar-refractivity contribution in [3.63, 3.8) is 0 Å². The fourth-order valence-corrected chi connectivity index (χ4v) is 3.70. The van der Waals surface area contributed by atoms with E-state index in [4.69, 9.17) is 4.74 Å². The molecule has 0 bridgehead atoms. The average Bonchev–Trinajstić information content (AvgIpc) is 2.99. The average molecular weight is 338 g/mol. The van der Waals surface area contributed by atoms with E-state index >= 15 is 0 Å². The van der Waals surface area contributed by atoms with Crippen LogP contribution in [0.2, 0.25) is 0 Å². The van der Waals surface area contributed by atoms with Crippen molar-refractivity contribution in [2.75, 3.05) is 20.2 Å². The van der Waals surface area contributed by atoms with Crippen LogP contribution in [0.1, 0.15) is 19.0 Å². The van der Waals surface area contributed by atoms with Gasteiger partial charge in [0, 0.05) is 37.4 Å². The number of halogens is 2. The molecule has 1 unspecified atom stereocenters. The lowest BCUT2D eigenvalue weighted by Gasteiger charge is -2.36. The number of likely N-dealkylation sites (tertiary alicyclic amines) is 1. The van der Waals surface area contributed by atoms with Gasteiger partial charge in [-0.25, -0.2) is 13.8 Å². The molecular formula is C17H20F2N2OS. The normalized spacial score (nSPS) is 21.3. The number of ether oxygens (including phenoxy) is 1. The molecule has 2 heterocycles. The molecule has 1 fully saturated rings. The van der Waals surface area contributed by atoms with Gasteiger partial charge in [0.05, 0.1) is 18.4 Å². The lowest BCUT2D eigenvalue weighted by molar-refractivity contribution is -0.100. The quantitative estimate of drug-likeness (QED) is 0.831. The molecule has 0 amide bonds. The second kappa shape index (κ2) is 6.53. The minimum absolute atomic E-state index is 0.0718. The maximum absolute atomic E-state index is 13.6. The first-order valence-corrected chi connectivity index (χ1v) is 8.55. The molecule has 1 saturated heterocycles. The number of rotatable bonds is 4. The highest BCUT2D eigenvalue weighted by Crippen LogP contribution is 2.35. The third-order valence-electron chi connectivity index (χ3n) is 4.29. The van der Waals surface area contributed by atoms with Crippen molar-refractivity contribution in [2.24, 2.45) is 5.92 Å². The second-order valence-electron chi connectivity index (χ2n) is 5.99. The highest BCUT2D eigenvalue weighted by Gasteiger charge is 2.41. The molecule has 0 N–H and O–H groups in total. The molecule has 2 aromatic rings. The fraction of sp³-hybridized carbons (Fsp3) is 0.471. The van der Waals surface area contributed by atoms with E-state index < -0.39 is 11.8 Å². The van der Waals surface area contributed by atoms with Crippen LogP contribution in [-0.4, -0.2) is 36.0 Å². The molecule has 3 nitrogen and oxygen atoms in total. The lowest BCUT2D eigenvalue weighted by atomic mass is 9.95. The molecule has 0 aliphatic carbocycles. The van der Waals surface area contributed by atoms with Crippen LogP contribution in [0.25, 0.3) is 10.6 Å². The number of methoxy groups -OCH3 is 1. The Morgan fingerprint density at radius 3 is 2.91 bits per heavy atom. The number of nitrogens with zero attached hydrogens (tertiary/aromatic N) is 2. The van der Waals surface area contributed by atoms with Crippen LogP contribution in [0.15, 0.2) is 29.6 Å². The third kappa shape index (κ3) is 3.53. The van der Waals surface area contributed by atoms with Gasteiger partial charge in [-0.3, -0.25) is 4.90 Å². The van der Waals surface area contributed by atoms with E-state index in [9.17, 15) is 8.78 Å². The van der Waals surface area contributed by atoms with Crippen molar-refractivity contribution in [1.29, 1.82) is 0 Å². The number of para-hydroxylation sites is 1. The molecule has 23 heavy (non-hydrogen) atoms. The van der Waals surface area contributed by atoms with Crippen LogP contribution in [0.4, 0.5) is 8.78 Å². The van der Waals surface area contributed by atoms with Crippen LogP contribution in [0, 0.1) is 5.92 Å². The Labute approximate surface area is 138 Å². The standard InChI is InChI=1S/C17H20F2N2OS/c1-12-9-21(8-7-17(12,18)19)10-13-11-23-16(20-13)14-5-3-4-6-15(14)22-2/h3-6,11-12H,7-10H2,1-2H3. The number of hydrogen-bond acceptors (Lipinski definition) is 4. The first-order chi connectivity index (χ1) is 11.0. The number of thiazole rings is 1. The van der Waals surface area contributed by atoms with Crippen LogP contribution < -0.4 is 4.74 Å². The van der Waals surface area contributed by atoms with Crippen molar-refractivity contribution >= 4 is 11.3 Å². The summed E-state index contributed by atoms with van der Waals surface area (Å²) in [6, 6.07) is 7.76. The number of benzene rings is 1. The van der Waals surface area contributed by atoms with E-state index in [1.54, 1.807) is 25.4 Å². The summed E-state index contributed by atoms with van der Waals surface area (Å²) >= 11 is 1.56. The summed E-state index contributed by atoms with van der Waals surface area (Å²) in [7, 11) is 1.64. The Morgan fingerprint density at radius 1 is 1.39 bits per heavy atom. The number of aromatic nitrogens is 1. The summed E-state index contributed by atoms with van der Waals surface area (Å²) in [6.07, 6.45) is -0.0718. The Hall–Kier alpha value is -1.53. The molecule has 1 aromatic heterocycles.